The van der Waals surface area contributed by atoms with Gasteiger partial charge in [0.05, 0.1) is 5.88 Å². The number of carbonyl (C=O) groups is 2. The number of carbonyl (C=O) groups excluding carboxylic acids is 2. The number of hydrogen-bond donors (Lipinski definition) is 2. The summed E-state index contributed by atoms with van der Waals surface area (Å²) in [5.74, 6) is 1.77. The highest BCUT2D eigenvalue weighted by Gasteiger charge is 2.37. The molecule has 1 aliphatic heterocycles. The molecule has 2 rings (SSSR count). The zero-order chi connectivity index (χ0) is 14.4. The molecule has 0 spiro atoms. The third kappa shape index (κ3) is 5.04. The van der Waals surface area contributed by atoms with Crippen molar-refractivity contribution < 1.29 is 9.59 Å². The van der Waals surface area contributed by atoms with Crippen LogP contribution in [0.25, 0.3) is 0 Å². The van der Waals surface area contributed by atoms with E-state index >= 15 is 0 Å². The molecule has 1 saturated heterocycles. The molecule has 5 nitrogen and oxygen atoms in total. The fourth-order valence-electron chi connectivity index (χ4n) is 2.88. The molecule has 0 aromatic carbocycles. The van der Waals surface area contributed by atoms with Crippen LogP contribution >= 0.6 is 24.2 Å². The Morgan fingerprint density at radius 2 is 1.95 bits per heavy atom. The molecule has 2 aliphatic rings. The molecule has 2 fully saturated rings. The van der Waals surface area contributed by atoms with Crippen LogP contribution in [-0.4, -0.2) is 54.5 Å². The maximum absolute atomic E-state index is 12.5. The van der Waals surface area contributed by atoms with Gasteiger partial charge >= 0.3 is 0 Å². The lowest BCUT2D eigenvalue weighted by Gasteiger charge is -2.25. The van der Waals surface area contributed by atoms with E-state index in [4.69, 9.17) is 0 Å². The lowest BCUT2D eigenvalue weighted by molar-refractivity contribution is -0.141. The summed E-state index contributed by atoms with van der Waals surface area (Å²) in [4.78, 5) is 26.5. The van der Waals surface area contributed by atoms with Gasteiger partial charge in [-0.05, 0) is 32.9 Å². The van der Waals surface area contributed by atoms with E-state index < -0.39 is 0 Å². The maximum Gasteiger partial charge on any atom is 0.243 e. The molecule has 1 atom stereocenters. The predicted octanol–water partition coefficient (Wildman–Crippen LogP) is 1.23. The monoisotopic (exact) mass is 335 g/mol. The zero-order valence-electron chi connectivity index (χ0n) is 12.6. The number of nitrogens with one attached hydrogen (secondary N) is 2. The van der Waals surface area contributed by atoms with E-state index in [1.807, 2.05) is 7.05 Å². The highest BCUT2D eigenvalue weighted by atomic mass is 35.5. The Kier molecular flexibility index (Phi) is 8.44. The Bertz CT molecular complexity index is 351. The fourth-order valence-corrected chi connectivity index (χ4v) is 4.04. The van der Waals surface area contributed by atoms with E-state index in [0.717, 1.165) is 44.4 Å². The van der Waals surface area contributed by atoms with E-state index in [0.29, 0.717) is 12.4 Å². The molecule has 122 valence electrons. The smallest absolute Gasteiger partial charge is 0.243 e. The summed E-state index contributed by atoms with van der Waals surface area (Å²) in [6.07, 6.45) is 5.21. The van der Waals surface area contributed by atoms with Crippen LogP contribution in [0.3, 0.4) is 0 Å². The van der Waals surface area contributed by atoms with E-state index in [1.54, 1.807) is 16.7 Å². The minimum absolute atomic E-state index is 0. The first-order chi connectivity index (χ1) is 9.74. The normalized spacial score (nSPS) is 22.1. The second-order valence-corrected chi connectivity index (χ2v) is 6.55. The van der Waals surface area contributed by atoms with Crippen LogP contribution in [0, 0.1) is 5.92 Å². The van der Waals surface area contributed by atoms with Crippen LogP contribution in [0.2, 0.25) is 0 Å². The highest BCUT2D eigenvalue weighted by molar-refractivity contribution is 7.99. The van der Waals surface area contributed by atoms with Crippen molar-refractivity contribution in [2.24, 2.45) is 5.92 Å². The lowest BCUT2D eigenvalue weighted by Crippen LogP contribution is -2.49. The lowest BCUT2D eigenvalue weighted by atomic mass is 10.1. The van der Waals surface area contributed by atoms with E-state index in [1.165, 1.54) is 0 Å². The van der Waals surface area contributed by atoms with E-state index in [2.05, 4.69) is 10.6 Å². The molecular weight excluding hydrogens is 310 g/mol. The van der Waals surface area contributed by atoms with Gasteiger partial charge < -0.3 is 15.5 Å². The van der Waals surface area contributed by atoms with Gasteiger partial charge in [0.2, 0.25) is 11.8 Å². The molecule has 2 amide bonds. The van der Waals surface area contributed by atoms with Gasteiger partial charge in [-0.3, -0.25) is 9.59 Å². The zero-order valence-corrected chi connectivity index (χ0v) is 14.2. The van der Waals surface area contributed by atoms with E-state index in [-0.39, 0.29) is 36.2 Å². The maximum atomic E-state index is 12.5. The van der Waals surface area contributed by atoms with E-state index in [9.17, 15) is 9.59 Å². The number of rotatable bonds is 6. The fraction of sp³-hybridized carbons (Fsp3) is 0.857. The number of thioether (sulfide) groups is 1. The average Bonchev–Trinajstić information content (AvgIpc) is 3.12. The Hall–Kier alpha value is -0.460. The summed E-state index contributed by atoms with van der Waals surface area (Å²) >= 11 is 1.68. The van der Waals surface area contributed by atoms with Crippen molar-refractivity contribution in [2.45, 2.75) is 38.1 Å². The van der Waals surface area contributed by atoms with Crippen molar-refractivity contribution in [2.75, 3.05) is 31.8 Å². The van der Waals surface area contributed by atoms with Gasteiger partial charge in [-0.15, -0.1) is 24.2 Å². The van der Waals surface area contributed by atoms with Crippen LogP contribution in [0.4, 0.5) is 0 Å². The quantitative estimate of drug-likeness (QED) is 0.717. The summed E-state index contributed by atoms with van der Waals surface area (Å²) in [5.41, 5.74) is 0. The molecule has 0 aromatic heterocycles. The van der Waals surface area contributed by atoms with Crippen LogP contribution in [0.15, 0.2) is 0 Å². The SMILES string of the molecule is CNCCCNC(=O)C1CSCN1C(=O)C1CCCC1.Cl. The number of halogens is 1. The minimum atomic E-state index is -0.261. The second kappa shape index (κ2) is 9.54. The van der Waals surface area contributed by atoms with Crippen LogP contribution < -0.4 is 10.6 Å². The van der Waals surface area contributed by atoms with Gasteiger partial charge in [-0.25, -0.2) is 0 Å². The second-order valence-electron chi connectivity index (χ2n) is 5.55. The van der Waals surface area contributed by atoms with Gasteiger partial charge in [-0.2, -0.15) is 0 Å². The highest BCUT2D eigenvalue weighted by Crippen LogP contribution is 2.30. The van der Waals surface area contributed by atoms with Gasteiger partial charge in [-0.1, -0.05) is 12.8 Å². The number of amides is 2. The van der Waals surface area contributed by atoms with Gasteiger partial charge in [0.25, 0.3) is 0 Å². The third-order valence-electron chi connectivity index (χ3n) is 4.08. The predicted molar refractivity (Wildman–Crippen MR) is 88.7 cm³/mol. The molecule has 7 heteroatoms. The molecule has 1 aliphatic carbocycles. The Labute approximate surface area is 137 Å². The number of nitrogens with zero attached hydrogens (tertiary/aromatic N) is 1. The molecule has 1 saturated carbocycles. The summed E-state index contributed by atoms with van der Waals surface area (Å²) in [6.45, 7) is 1.57. The Balaban J connectivity index is 0.00000220. The third-order valence-corrected chi connectivity index (χ3v) is 5.09. The summed E-state index contributed by atoms with van der Waals surface area (Å²) in [7, 11) is 1.90. The molecule has 2 N–H and O–H groups in total. The Morgan fingerprint density at radius 3 is 2.62 bits per heavy atom. The minimum Gasteiger partial charge on any atom is -0.354 e. The molecule has 0 bridgehead atoms. The van der Waals surface area contributed by atoms with Crippen molar-refractivity contribution >= 4 is 36.0 Å². The van der Waals surface area contributed by atoms with Crippen LogP contribution in [0.1, 0.15) is 32.1 Å². The standard InChI is InChI=1S/C14H25N3O2S.ClH/c1-15-7-4-8-16-13(18)12-9-20-10-17(12)14(19)11-5-2-3-6-11;/h11-12,15H,2-10H2,1H3,(H,16,18);1H. The van der Waals surface area contributed by atoms with Crippen molar-refractivity contribution in [1.82, 2.24) is 15.5 Å². The molecular formula is C14H26ClN3O2S. The molecule has 1 unspecified atom stereocenters. The van der Waals surface area contributed by atoms with Crippen molar-refractivity contribution in [1.29, 1.82) is 0 Å². The molecule has 1 heterocycles. The van der Waals surface area contributed by atoms with Crippen LogP contribution in [-0.2, 0) is 9.59 Å². The number of hydrogen-bond acceptors (Lipinski definition) is 4. The molecule has 0 aromatic rings. The first-order valence-corrected chi connectivity index (χ1v) is 8.70. The first kappa shape index (κ1) is 18.6. The van der Waals surface area contributed by atoms with Crippen molar-refractivity contribution in [3.05, 3.63) is 0 Å². The van der Waals surface area contributed by atoms with Crippen LogP contribution in [0.5, 0.6) is 0 Å². The summed E-state index contributed by atoms with van der Waals surface area (Å²) in [5, 5.41) is 6.00. The summed E-state index contributed by atoms with van der Waals surface area (Å²) in [6, 6.07) is -0.261. The molecule has 0 radical (unpaired) electrons. The van der Waals surface area contributed by atoms with Gasteiger partial charge in [0.1, 0.15) is 6.04 Å². The van der Waals surface area contributed by atoms with Gasteiger partial charge in [0.15, 0.2) is 0 Å². The average molecular weight is 336 g/mol. The largest absolute Gasteiger partial charge is 0.354 e. The first-order valence-electron chi connectivity index (χ1n) is 7.54. The Morgan fingerprint density at radius 1 is 1.24 bits per heavy atom. The molecule has 21 heavy (non-hydrogen) atoms. The topological polar surface area (TPSA) is 61.4 Å². The van der Waals surface area contributed by atoms with Crippen molar-refractivity contribution in [3.8, 4) is 0 Å². The van der Waals surface area contributed by atoms with Gasteiger partial charge in [0, 0.05) is 18.2 Å². The summed E-state index contributed by atoms with van der Waals surface area (Å²) < 4.78 is 0. The van der Waals surface area contributed by atoms with Crippen molar-refractivity contribution in [3.63, 3.8) is 0 Å².